The predicted molar refractivity (Wildman–Crippen MR) is 142 cm³/mol. The summed E-state index contributed by atoms with van der Waals surface area (Å²) < 4.78 is 0. The van der Waals surface area contributed by atoms with Gasteiger partial charge in [-0.25, -0.2) is 9.97 Å². The minimum absolute atomic E-state index is 0.0603. The Bertz CT molecular complexity index is 1130. The number of hydrogen-bond donors (Lipinski definition) is 1. The zero-order valence-corrected chi connectivity index (χ0v) is 22.0. The number of amides is 1. The van der Waals surface area contributed by atoms with Gasteiger partial charge in [-0.3, -0.25) is 9.69 Å². The first-order valence-corrected chi connectivity index (χ1v) is 13.4. The van der Waals surface area contributed by atoms with Gasteiger partial charge in [0, 0.05) is 45.1 Å². The molecule has 3 aromatic rings. The van der Waals surface area contributed by atoms with Gasteiger partial charge < -0.3 is 10.2 Å². The van der Waals surface area contributed by atoms with Crippen LogP contribution in [-0.2, 0) is 11.2 Å². The number of aromatic nitrogens is 2. The Hall–Kier alpha value is -1.93. The smallest absolute Gasteiger partial charge is 0.220 e. The first-order valence-electron chi connectivity index (χ1n) is 11.8. The number of rotatable bonds is 10. The Kier molecular flexibility index (Phi) is 8.64. The molecule has 1 atom stereocenters. The van der Waals surface area contributed by atoms with Crippen molar-refractivity contribution >= 4 is 56.6 Å². The summed E-state index contributed by atoms with van der Waals surface area (Å²) in [6, 6.07) is 10.1. The average Bonchev–Trinajstić information content (AvgIpc) is 3.51. The SMILES string of the molecule is CC(c1ccc(Cl)c(Cl)c1)N(C)CCCNC(=O)CCc1nc2ccc(N3CCCC3)nc2s1. The van der Waals surface area contributed by atoms with E-state index in [0.717, 1.165) is 52.8 Å². The Balaban J connectivity index is 1.18. The van der Waals surface area contributed by atoms with E-state index in [0.29, 0.717) is 29.4 Å². The number of halogens is 2. The lowest BCUT2D eigenvalue weighted by atomic mass is 10.1. The third-order valence-electron chi connectivity index (χ3n) is 6.38. The molecule has 4 rings (SSSR count). The number of anilines is 1. The molecule has 3 heterocycles. The number of carbonyl (C=O) groups excluding carboxylic acids is 1. The third kappa shape index (κ3) is 6.39. The van der Waals surface area contributed by atoms with Crippen LogP contribution >= 0.6 is 34.5 Å². The van der Waals surface area contributed by atoms with Gasteiger partial charge in [0.05, 0.1) is 15.1 Å². The number of fused-ring (bicyclic) bond motifs is 1. The van der Waals surface area contributed by atoms with Gasteiger partial charge in [-0.05, 0) is 63.1 Å². The number of thiazole rings is 1. The van der Waals surface area contributed by atoms with E-state index in [9.17, 15) is 4.79 Å². The van der Waals surface area contributed by atoms with Crippen molar-refractivity contribution in [2.45, 2.75) is 45.1 Å². The normalized spacial score (nSPS) is 14.8. The van der Waals surface area contributed by atoms with Crippen molar-refractivity contribution in [3.63, 3.8) is 0 Å². The summed E-state index contributed by atoms with van der Waals surface area (Å²) in [5, 5.41) is 5.14. The molecule has 0 aliphatic carbocycles. The summed E-state index contributed by atoms with van der Waals surface area (Å²) in [6.07, 6.45) is 4.41. The number of nitrogens with one attached hydrogen (secondary N) is 1. The lowest BCUT2D eigenvalue weighted by Gasteiger charge is -2.25. The predicted octanol–water partition coefficient (Wildman–Crippen LogP) is 5.73. The highest BCUT2D eigenvalue weighted by molar-refractivity contribution is 7.18. The summed E-state index contributed by atoms with van der Waals surface area (Å²) in [5.74, 6) is 1.10. The van der Waals surface area contributed by atoms with Crippen molar-refractivity contribution in [3.8, 4) is 0 Å². The molecule has 0 bridgehead atoms. The van der Waals surface area contributed by atoms with Crippen molar-refractivity contribution in [2.24, 2.45) is 0 Å². The fourth-order valence-corrected chi connectivity index (χ4v) is 5.40. The molecule has 0 saturated carbocycles. The van der Waals surface area contributed by atoms with E-state index in [1.165, 1.54) is 12.8 Å². The van der Waals surface area contributed by atoms with Crippen molar-refractivity contribution in [2.75, 3.05) is 38.1 Å². The molecular weight excluding hydrogens is 489 g/mol. The second-order valence-electron chi connectivity index (χ2n) is 8.83. The zero-order chi connectivity index (χ0) is 24.1. The van der Waals surface area contributed by atoms with Gasteiger partial charge in [-0.2, -0.15) is 0 Å². The molecule has 6 nitrogen and oxygen atoms in total. The highest BCUT2D eigenvalue weighted by Gasteiger charge is 2.16. The number of hydrogen-bond acceptors (Lipinski definition) is 6. The van der Waals surface area contributed by atoms with Crippen LogP contribution in [0.4, 0.5) is 5.82 Å². The van der Waals surface area contributed by atoms with Gasteiger partial charge in [-0.15, -0.1) is 0 Å². The minimum Gasteiger partial charge on any atom is -0.357 e. The molecule has 34 heavy (non-hydrogen) atoms. The van der Waals surface area contributed by atoms with E-state index in [4.69, 9.17) is 28.2 Å². The number of pyridine rings is 1. The minimum atomic E-state index is 0.0603. The van der Waals surface area contributed by atoms with Gasteiger partial charge in [0.25, 0.3) is 0 Å². The van der Waals surface area contributed by atoms with Crippen LogP contribution in [0, 0.1) is 0 Å². The fraction of sp³-hybridized carbons (Fsp3) is 0.480. The van der Waals surface area contributed by atoms with Crippen molar-refractivity contribution in [1.82, 2.24) is 20.2 Å². The van der Waals surface area contributed by atoms with E-state index >= 15 is 0 Å². The summed E-state index contributed by atoms with van der Waals surface area (Å²) in [4.78, 5) is 27.3. The highest BCUT2D eigenvalue weighted by Crippen LogP contribution is 2.28. The van der Waals surface area contributed by atoms with E-state index in [1.807, 2.05) is 24.3 Å². The van der Waals surface area contributed by atoms with Gasteiger partial charge >= 0.3 is 0 Å². The fourth-order valence-electron chi connectivity index (χ4n) is 4.17. The Morgan fingerprint density at radius 2 is 1.97 bits per heavy atom. The second kappa shape index (κ2) is 11.7. The molecule has 9 heteroatoms. The average molecular weight is 521 g/mol. The molecule has 1 aromatic carbocycles. The molecule has 1 saturated heterocycles. The summed E-state index contributed by atoms with van der Waals surface area (Å²) in [7, 11) is 2.07. The summed E-state index contributed by atoms with van der Waals surface area (Å²) in [5.41, 5.74) is 2.04. The molecule has 1 amide bonds. The molecule has 2 aromatic heterocycles. The first-order chi connectivity index (χ1) is 16.4. The summed E-state index contributed by atoms with van der Waals surface area (Å²) >= 11 is 13.8. The Morgan fingerprint density at radius 1 is 1.18 bits per heavy atom. The van der Waals surface area contributed by atoms with Crippen LogP contribution in [0.1, 0.15) is 49.2 Å². The number of carbonyl (C=O) groups is 1. The van der Waals surface area contributed by atoms with Crippen LogP contribution in [0.25, 0.3) is 10.3 Å². The van der Waals surface area contributed by atoms with Gasteiger partial charge in [0.15, 0.2) is 0 Å². The number of aryl methyl sites for hydroxylation is 1. The lowest BCUT2D eigenvalue weighted by Crippen LogP contribution is -2.29. The van der Waals surface area contributed by atoms with E-state index < -0.39 is 0 Å². The van der Waals surface area contributed by atoms with Gasteiger partial charge in [0.1, 0.15) is 16.2 Å². The maximum atomic E-state index is 12.3. The molecule has 182 valence electrons. The Labute approximate surface area is 215 Å². The van der Waals surface area contributed by atoms with E-state index in [-0.39, 0.29) is 11.9 Å². The van der Waals surface area contributed by atoms with Crippen LogP contribution in [0.2, 0.25) is 10.0 Å². The molecule has 1 aliphatic heterocycles. The van der Waals surface area contributed by atoms with Crippen LogP contribution in [0.3, 0.4) is 0 Å². The third-order valence-corrected chi connectivity index (χ3v) is 8.14. The van der Waals surface area contributed by atoms with Crippen LogP contribution in [0.5, 0.6) is 0 Å². The molecule has 1 aliphatic rings. The molecule has 1 fully saturated rings. The molecule has 0 spiro atoms. The Morgan fingerprint density at radius 3 is 2.74 bits per heavy atom. The second-order valence-corrected chi connectivity index (χ2v) is 10.7. The van der Waals surface area contributed by atoms with Crippen LogP contribution < -0.4 is 10.2 Å². The molecule has 0 radical (unpaired) electrons. The van der Waals surface area contributed by atoms with Crippen molar-refractivity contribution in [3.05, 3.63) is 50.9 Å². The van der Waals surface area contributed by atoms with E-state index in [2.05, 4.69) is 40.1 Å². The van der Waals surface area contributed by atoms with Crippen LogP contribution in [-0.4, -0.2) is 54.0 Å². The highest BCUT2D eigenvalue weighted by atomic mass is 35.5. The first kappa shape index (κ1) is 25.2. The molecule has 1 unspecified atom stereocenters. The van der Waals surface area contributed by atoms with Crippen molar-refractivity contribution in [1.29, 1.82) is 0 Å². The topological polar surface area (TPSA) is 61.4 Å². The quantitative estimate of drug-likeness (QED) is 0.346. The van der Waals surface area contributed by atoms with E-state index in [1.54, 1.807) is 11.3 Å². The molecular formula is C25H31Cl2N5OS. The van der Waals surface area contributed by atoms with Crippen LogP contribution in [0.15, 0.2) is 30.3 Å². The lowest BCUT2D eigenvalue weighted by molar-refractivity contribution is -0.121. The molecule has 1 N–H and O–H groups in total. The maximum absolute atomic E-state index is 12.3. The van der Waals surface area contributed by atoms with Gasteiger partial charge in [-0.1, -0.05) is 40.6 Å². The monoisotopic (exact) mass is 519 g/mol. The largest absolute Gasteiger partial charge is 0.357 e. The standard InChI is InChI=1S/C25H31Cl2N5OS/c1-17(18-6-7-19(26)20(27)16-18)31(2)13-5-12-28-23(33)10-11-24-29-21-8-9-22(30-25(21)34-24)32-14-3-4-15-32/h6-9,16-17H,3-5,10-15H2,1-2H3,(H,28,33). The number of nitrogens with zero attached hydrogens (tertiary/aromatic N) is 4. The summed E-state index contributed by atoms with van der Waals surface area (Å²) in [6.45, 7) is 5.81. The van der Waals surface area contributed by atoms with Crippen molar-refractivity contribution < 1.29 is 4.79 Å². The maximum Gasteiger partial charge on any atom is 0.220 e. The zero-order valence-electron chi connectivity index (χ0n) is 19.7. The number of benzene rings is 1. The van der Waals surface area contributed by atoms with Gasteiger partial charge in [0.2, 0.25) is 5.91 Å².